The summed E-state index contributed by atoms with van der Waals surface area (Å²) >= 11 is 0. The highest BCUT2D eigenvalue weighted by Crippen LogP contribution is 2.33. The van der Waals surface area contributed by atoms with Gasteiger partial charge in [0.1, 0.15) is 5.82 Å². The summed E-state index contributed by atoms with van der Waals surface area (Å²) < 4.78 is 2.09. The van der Waals surface area contributed by atoms with Gasteiger partial charge in [0, 0.05) is 26.6 Å². The normalized spacial score (nSPS) is 21.2. The second-order valence-corrected chi connectivity index (χ2v) is 6.68. The summed E-state index contributed by atoms with van der Waals surface area (Å²) in [7, 11) is 2.01. The summed E-state index contributed by atoms with van der Waals surface area (Å²) in [5, 5.41) is 0. The van der Waals surface area contributed by atoms with E-state index >= 15 is 0 Å². The minimum absolute atomic E-state index is 0.00704. The van der Waals surface area contributed by atoms with E-state index in [2.05, 4.69) is 10.6 Å². The van der Waals surface area contributed by atoms with Gasteiger partial charge in [-0.3, -0.25) is 9.59 Å². The summed E-state index contributed by atoms with van der Waals surface area (Å²) in [6, 6.07) is 8.05. The third-order valence-corrected chi connectivity index (χ3v) is 5.19. The van der Waals surface area contributed by atoms with Crippen LogP contribution >= 0.6 is 0 Å². The highest BCUT2D eigenvalue weighted by molar-refractivity contribution is 5.86. The van der Waals surface area contributed by atoms with Crippen LogP contribution < -0.4 is 0 Å². The smallest absolute Gasteiger partial charge is 0.242 e. The zero-order chi connectivity index (χ0) is 16.7. The lowest BCUT2D eigenvalue weighted by Gasteiger charge is -2.26. The number of carbonyl (C=O) groups excluding carboxylic acids is 2. The van der Waals surface area contributed by atoms with Crippen LogP contribution in [0.4, 0.5) is 0 Å². The van der Waals surface area contributed by atoms with E-state index in [4.69, 9.17) is 4.98 Å². The molecule has 2 aliphatic heterocycles. The first-order valence-electron chi connectivity index (χ1n) is 8.64. The highest BCUT2D eigenvalue weighted by Gasteiger charge is 2.34. The van der Waals surface area contributed by atoms with Crippen LogP contribution in [0.25, 0.3) is 11.0 Å². The summed E-state index contributed by atoms with van der Waals surface area (Å²) in [5.74, 6) is 1.08. The molecule has 0 bridgehead atoms. The number of carbonyl (C=O) groups is 2. The van der Waals surface area contributed by atoms with Gasteiger partial charge in [-0.1, -0.05) is 12.1 Å². The van der Waals surface area contributed by atoms with Crippen molar-refractivity contribution in [2.24, 2.45) is 7.05 Å². The van der Waals surface area contributed by atoms with Crippen LogP contribution in [0, 0.1) is 0 Å². The van der Waals surface area contributed by atoms with Crippen LogP contribution in [-0.2, 0) is 16.6 Å². The molecule has 2 fully saturated rings. The molecule has 0 spiro atoms. The maximum absolute atomic E-state index is 12.8. The van der Waals surface area contributed by atoms with E-state index in [1.54, 1.807) is 4.90 Å². The SMILES string of the molecule is Cn1c([C@@H]2CCCN2C(=O)CN2CCCC2=O)nc2ccccc21. The first-order chi connectivity index (χ1) is 11.6. The van der Waals surface area contributed by atoms with Gasteiger partial charge in [-0.2, -0.15) is 0 Å². The van der Waals surface area contributed by atoms with Gasteiger partial charge in [0.25, 0.3) is 0 Å². The van der Waals surface area contributed by atoms with E-state index < -0.39 is 0 Å². The van der Waals surface area contributed by atoms with E-state index in [0.717, 1.165) is 42.7 Å². The van der Waals surface area contributed by atoms with Crippen LogP contribution in [0.15, 0.2) is 24.3 Å². The maximum Gasteiger partial charge on any atom is 0.242 e. The van der Waals surface area contributed by atoms with Crippen LogP contribution in [0.2, 0.25) is 0 Å². The molecule has 6 nitrogen and oxygen atoms in total. The van der Waals surface area contributed by atoms with Crippen molar-refractivity contribution in [2.45, 2.75) is 31.7 Å². The number of hydrogen-bond acceptors (Lipinski definition) is 3. The van der Waals surface area contributed by atoms with Crippen molar-refractivity contribution in [3.05, 3.63) is 30.1 Å². The molecule has 24 heavy (non-hydrogen) atoms. The standard InChI is InChI=1S/C18H22N4O2/c1-20-14-7-3-2-6-13(14)19-18(20)15-8-4-11-22(15)17(24)12-21-10-5-9-16(21)23/h2-3,6-7,15H,4-5,8-12H2,1H3/t15-/m0/s1. The molecule has 0 unspecified atom stereocenters. The van der Waals surface area contributed by atoms with Gasteiger partial charge in [-0.05, 0) is 31.4 Å². The summed E-state index contributed by atoms with van der Waals surface area (Å²) in [4.78, 5) is 32.9. The lowest BCUT2D eigenvalue weighted by atomic mass is 10.2. The van der Waals surface area contributed by atoms with Crippen LogP contribution in [0.1, 0.15) is 37.5 Å². The number of imidazole rings is 1. The Morgan fingerprint density at radius 3 is 2.83 bits per heavy atom. The lowest BCUT2D eigenvalue weighted by molar-refractivity contribution is -0.139. The summed E-state index contributed by atoms with van der Waals surface area (Å²) in [6.07, 6.45) is 3.34. The van der Waals surface area contributed by atoms with E-state index in [-0.39, 0.29) is 24.4 Å². The zero-order valence-corrected chi connectivity index (χ0v) is 13.9. The number of aryl methyl sites for hydroxylation is 1. The number of hydrogen-bond donors (Lipinski definition) is 0. The van der Waals surface area contributed by atoms with Crippen molar-refractivity contribution in [1.29, 1.82) is 0 Å². The molecule has 2 aliphatic rings. The number of likely N-dealkylation sites (tertiary alicyclic amines) is 2. The Labute approximate surface area is 141 Å². The molecule has 2 amide bonds. The van der Waals surface area contributed by atoms with Gasteiger partial charge in [0.2, 0.25) is 11.8 Å². The molecule has 126 valence electrons. The van der Waals surface area contributed by atoms with E-state index in [9.17, 15) is 9.59 Å². The van der Waals surface area contributed by atoms with Gasteiger partial charge in [-0.15, -0.1) is 0 Å². The second kappa shape index (κ2) is 5.92. The average Bonchev–Trinajstić information content (AvgIpc) is 3.28. The fourth-order valence-corrected chi connectivity index (χ4v) is 3.92. The molecule has 2 aromatic rings. The molecule has 4 rings (SSSR count). The minimum atomic E-state index is 0.00704. The molecule has 0 radical (unpaired) electrons. The maximum atomic E-state index is 12.8. The number of rotatable bonds is 3. The summed E-state index contributed by atoms with van der Waals surface area (Å²) in [5.41, 5.74) is 2.05. The number of nitrogens with zero attached hydrogens (tertiary/aromatic N) is 4. The number of aromatic nitrogens is 2. The Kier molecular flexibility index (Phi) is 3.75. The number of benzene rings is 1. The predicted octanol–water partition coefficient (Wildman–Crippen LogP) is 1.86. The minimum Gasteiger partial charge on any atom is -0.333 e. The van der Waals surface area contributed by atoms with Crippen molar-refractivity contribution >= 4 is 22.8 Å². The molecule has 3 heterocycles. The number of amides is 2. The molecule has 0 N–H and O–H groups in total. The van der Waals surface area contributed by atoms with Crippen molar-refractivity contribution in [2.75, 3.05) is 19.6 Å². The lowest BCUT2D eigenvalue weighted by Crippen LogP contribution is -2.41. The fourth-order valence-electron chi connectivity index (χ4n) is 3.92. The highest BCUT2D eigenvalue weighted by atomic mass is 16.2. The Morgan fingerprint density at radius 2 is 2.08 bits per heavy atom. The summed E-state index contributed by atoms with van der Waals surface area (Å²) in [6.45, 7) is 1.66. The van der Waals surface area contributed by atoms with E-state index in [1.165, 1.54) is 0 Å². The van der Waals surface area contributed by atoms with Gasteiger partial charge in [0.05, 0.1) is 23.6 Å². The van der Waals surface area contributed by atoms with Crippen molar-refractivity contribution in [1.82, 2.24) is 19.4 Å². The van der Waals surface area contributed by atoms with E-state index in [0.29, 0.717) is 13.0 Å². The van der Waals surface area contributed by atoms with Crippen LogP contribution in [0.3, 0.4) is 0 Å². The number of fused-ring (bicyclic) bond motifs is 1. The molecule has 0 saturated carbocycles. The van der Waals surface area contributed by atoms with E-state index in [1.807, 2.05) is 30.1 Å². The predicted molar refractivity (Wildman–Crippen MR) is 90.2 cm³/mol. The van der Waals surface area contributed by atoms with Crippen molar-refractivity contribution in [3.63, 3.8) is 0 Å². The fraction of sp³-hybridized carbons (Fsp3) is 0.500. The molecule has 1 aromatic carbocycles. The molecule has 6 heteroatoms. The first kappa shape index (κ1) is 15.2. The topological polar surface area (TPSA) is 58.4 Å². The molecule has 1 atom stereocenters. The quantitative estimate of drug-likeness (QED) is 0.865. The van der Waals surface area contributed by atoms with Crippen molar-refractivity contribution in [3.8, 4) is 0 Å². The molecular weight excluding hydrogens is 304 g/mol. The van der Waals surface area contributed by atoms with Crippen LogP contribution in [-0.4, -0.2) is 50.8 Å². The first-order valence-corrected chi connectivity index (χ1v) is 8.64. The Balaban J connectivity index is 1.58. The Hall–Kier alpha value is -2.37. The zero-order valence-electron chi connectivity index (χ0n) is 13.9. The monoisotopic (exact) mass is 326 g/mol. The number of para-hydroxylation sites is 2. The molecule has 1 aromatic heterocycles. The third-order valence-electron chi connectivity index (χ3n) is 5.19. The Morgan fingerprint density at radius 1 is 1.25 bits per heavy atom. The van der Waals surface area contributed by atoms with Gasteiger partial charge < -0.3 is 14.4 Å². The largest absolute Gasteiger partial charge is 0.333 e. The van der Waals surface area contributed by atoms with Crippen LogP contribution in [0.5, 0.6) is 0 Å². The molecular formula is C18H22N4O2. The van der Waals surface area contributed by atoms with Gasteiger partial charge in [-0.25, -0.2) is 4.98 Å². The molecule has 2 saturated heterocycles. The molecule has 0 aliphatic carbocycles. The second-order valence-electron chi connectivity index (χ2n) is 6.68. The average molecular weight is 326 g/mol. The van der Waals surface area contributed by atoms with Crippen molar-refractivity contribution < 1.29 is 9.59 Å². The van der Waals surface area contributed by atoms with Gasteiger partial charge in [0.15, 0.2) is 0 Å². The Bertz CT molecular complexity index is 797. The third kappa shape index (κ3) is 2.46. The van der Waals surface area contributed by atoms with Gasteiger partial charge >= 0.3 is 0 Å².